The smallest absolute Gasteiger partial charge is 0.0500 e. The lowest BCUT2D eigenvalue weighted by molar-refractivity contribution is 0.592. The van der Waals surface area contributed by atoms with Gasteiger partial charge in [0.25, 0.3) is 0 Å². The molecule has 0 amide bonds. The Morgan fingerprint density at radius 1 is 0.941 bits per heavy atom. The molecular formula is C16H25Br. The molecule has 0 aliphatic carbocycles. The summed E-state index contributed by atoms with van der Waals surface area (Å²) in [6.07, 6.45) is 4.73. The Balaban J connectivity index is 2.94. The standard InChI is InChI=1S/C16H25Br/c1-5-13(6-2)14-9-11-15(12-10-14)16(17,7-3)8-4/h9-13H,5-8H2,1-4H3. The third-order valence-corrected chi connectivity index (χ3v) is 5.59. The largest absolute Gasteiger partial charge is 0.0802 e. The first-order valence-electron chi connectivity index (χ1n) is 6.90. The molecule has 0 aliphatic rings. The second-order valence-corrected chi connectivity index (χ2v) is 6.33. The summed E-state index contributed by atoms with van der Waals surface area (Å²) in [5, 5.41) is 0. The van der Waals surface area contributed by atoms with Gasteiger partial charge in [0.05, 0.1) is 4.32 Å². The summed E-state index contributed by atoms with van der Waals surface area (Å²) in [5.74, 6) is 0.719. The van der Waals surface area contributed by atoms with Gasteiger partial charge in [0.1, 0.15) is 0 Å². The van der Waals surface area contributed by atoms with Gasteiger partial charge in [-0.15, -0.1) is 0 Å². The highest BCUT2D eigenvalue weighted by molar-refractivity contribution is 9.09. The van der Waals surface area contributed by atoms with E-state index in [0.29, 0.717) is 0 Å². The second kappa shape index (κ2) is 6.58. The maximum absolute atomic E-state index is 3.89. The molecule has 0 unspecified atom stereocenters. The minimum Gasteiger partial charge on any atom is -0.0802 e. The lowest BCUT2D eigenvalue weighted by atomic mass is 9.89. The molecule has 0 aliphatic heterocycles. The Bertz CT molecular complexity index is 318. The fraction of sp³-hybridized carbons (Fsp3) is 0.625. The van der Waals surface area contributed by atoms with Crippen molar-refractivity contribution in [1.82, 2.24) is 0 Å². The molecule has 1 aromatic rings. The molecule has 96 valence electrons. The average molecular weight is 297 g/mol. The van der Waals surface area contributed by atoms with Crippen LogP contribution in [0.3, 0.4) is 0 Å². The van der Waals surface area contributed by atoms with Crippen LogP contribution in [0.5, 0.6) is 0 Å². The molecule has 0 aromatic heterocycles. The second-order valence-electron chi connectivity index (χ2n) is 4.81. The van der Waals surface area contributed by atoms with Crippen LogP contribution in [-0.2, 0) is 4.32 Å². The van der Waals surface area contributed by atoms with Crippen LogP contribution in [0.25, 0.3) is 0 Å². The molecule has 17 heavy (non-hydrogen) atoms. The van der Waals surface area contributed by atoms with Gasteiger partial charge < -0.3 is 0 Å². The number of halogens is 1. The Morgan fingerprint density at radius 2 is 1.41 bits per heavy atom. The van der Waals surface area contributed by atoms with Gasteiger partial charge in [0.2, 0.25) is 0 Å². The molecule has 0 bridgehead atoms. The Hall–Kier alpha value is -0.300. The molecule has 1 rings (SSSR count). The van der Waals surface area contributed by atoms with Crippen molar-refractivity contribution in [2.45, 2.75) is 63.6 Å². The van der Waals surface area contributed by atoms with Crippen molar-refractivity contribution in [3.63, 3.8) is 0 Å². The molecular weight excluding hydrogens is 272 g/mol. The zero-order valence-electron chi connectivity index (χ0n) is 11.6. The van der Waals surface area contributed by atoms with Gasteiger partial charge in [0, 0.05) is 0 Å². The summed E-state index contributed by atoms with van der Waals surface area (Å²) in [5.41, 5.74) is 2.90. The van der Waals surface area contributed by atoms with Crippen LogP contribution in [0.15, 0.2) is 24.3 Å². The number of alkyl halides is 1. The summed E-state index contributed by atoms with van der Waals surface area (Å²) >= 11 is 3.89. The molecule has 0 nitrogen and oxygen atoms in total. The number of benzene rings is 1. The Morgan fingerprint density at radius 3 is 1.76 bits per heavy atom. The Kier molecular flexibility index (Phi) is 5.72. The minimum absolute atomic E-state index is 0.166. The topological polar surface area (TPSA) is 0 Å². The maximum atomic E-state index is 3.89. The number of hydrogen-bond donors (Lipinski definition) is 0. The number of rotatable bonds is 6. The highest BCUT2D eigenvalue weighted by atomic mass is 79.9. The van der Waals surface area contributed by atoms with Gasteiger partial charge in [0.15, 0.2) is 0 Å². The van der Waals surface area contributed by atoms with Gasteiger partial charge in [-0.25, -0.2) is 0 Å². The van der Waals surface area contributed by atoms with Gasteiger partial charge >= 0.3 is 0 Å². The van der Waals surface area contributed by atoms with Crippen LogP contribution in [0, 0.1) is 0 Å². The van der Waals surface area contributed by atoms with Crippen molar-refractivity contribution in [2.75, 3.05) is 0 Å². The highest BCUT2D eigenvalue weighted by Crippen LogP contribution is 2.38. The molecule has 0 radical (unpaired) electrons. The monoisotopic (exact) mass is 296 g/mol. The summed E-state index contributed by atoms with van der Waals surface area (Å²) in [4.78, 5) is 0. The van der Waals surface area contributed by atoms with Crippen LogP contribution in [0.1, 0.15) is 70.4 Å². The molecule has 0 saturated heterocycles. The van der Waals surface area contributed by atoms with Crippen molar-refractivity contribution in [2.24, 2.45) is 0 Å². The summed E-state index contributed by atoms with van der Waals surface area (Å²) in [7, 11) is 0. The van der Waals surface area contributed by atoms with E-state index in [0.717, 1.165) is 18.8 Å². The predicted molar refractivity (Wildman–Crippen MR) is 81.0 cm³/mol. The quantitative estimate of drug-likeness (QED) is 0.565. The first-order valence-corrected chi connectivity index (χ1v) is 7.69. The van der Waals surface area contributed by atoms with Crippen LogP contribution < -0.4 is 0 Å². The van der Waals surface area contributed by atoms with Crippen LogP contribution in [0.4, 0.5) is 0 Å². The molecule has 0 spiro atoms. The summed E-state index contributed by atoms with van der Waals surface area (Å²) in [6, 6.07) is 9.23. The van der Waals surface area contributed by atoms with E-state index in [2.05, 4.69) is 67.9 Å². The molecule has 0 atom stereocenters. The first-order chi connectivity index (χ1) is 8.11. The third-order valence-electron chi connectivity index (χ3n) is 4.01. The summed E-state index contributed by atoms with van der Waals surface area (Å²) in [6.45, 7) is 9.03. The van der Waals surface area contributed by atoms with Gasteiger partial charge in [-0.2, -0.15) is 0 Å². The first kappa shape index (κ1) is 14.8. The van der Waals surface area contributed by atoms with Gasteiger partial charge in [-0.1, -0.05) is 67.9 Å². The van der Waals surface area contributed by atoms with Crippen molar-refractivity contribution in [3.05, 3.63) is 35.4 Å². The average Bonchev–Trinajstić information content (AvgIpc) is 2.40. The van der Waals surface area contributed by atoms with Crippen molar-refractivity contribution in [3.8, 4) is 0 Å². The van der Waals surface area contributed by atoms with E-state index in [1.54, 1.807) is 0 Å². The molecule has 1 heteroatoms. The molecule has 0 heterocycles. The van der Waals surface area contributed by atoms with Gasteiger partial charge in [-0.3, -0.25) is 0 Å². The minimum atomic E-state index is 0.166. The van der Waals surface area contributed by atoms with Crippen molar-refractivity contribution < 1.29 is 0 Å². The molecule has 0 N–H and O–H groups in total. The third kappa shape index (κ3) is 3.34. The molecule has 0 fully saturated rings. The van der Waals surface area contributed by atoms with Crippen LogP contribution >= 0.6 is 15.9 Å². The van der Waals surface area contributed by atoms with E-state index >= 15 is 0 Å². The van der Waals surface area contributed by atoms with E-state index < -0.39 is 0 Å². The lowest BCUT2D eigenvalue weighted by Crippen LogP contribution is -2.15. The summed E-state index contributed by atoms with van der Waals surface area (Å²) < 4.78 is 0.166. The fourth-order valence-electron chi connectivity index (χ4n) is 2.47. The maximum Gasteiger partial charge on any atom is 0.0500 e. The van der Waals surface area contributed by atoms with E-state index in [9.17, 15) is 0 Å². The fourth-order valence-corrected chi connectivity index (χ4v) is 2.74. The predicted octanol–water partition coefficient (Wildman–Crippen LogP) is 6.00. The zero-order valence-corrected chi connectivity index (χ0v) is 13.2. The highest BCUT2D eigenvalue weighted by Gasteiger charge is 2.24. The van der Waals surface area contributed by atoms with Crippen LogP contribution in [0.2, 0.25) is 0 Å². The lowest BCUT2D eigenvalue weighted by Gasteiger charge is -2.25. The SMILES string of the molecule is CCC(CC)c1ccc(C(Br)(CC)CC)cc1. The zero-order chi connectivity index (χ0) is 12.9. The van der Waals surface area contributed by atoms with Gasteiger partial charge in [-0.05, 0) is 42.7 Å². The molecule has 1 aromatic carbocycles. The number of hydrogen-bond acceptors (Lipinski definition) is 0. The van der Waals surface area contributed by atoms with E-state index in [4.69, 9.17) is 0 Å². The Labute approximate surface area is 115 Å². The van der Waals surface area contributed by atoms with E-state index in [1.165, 1.54) is 24.0 Å². The van der Waals surface area contributed by atoms with Crippen molar-refractivity contribution >= 4 is 15.9 Å². The van der Waals surface area contributed by atoms with Crippen molar-refractivity contribution in [1.29, 1.82) is 0 Å². The normalized spacial score (nSPS) is 12.1. The molecule has 0 saturated carbocycles. The van der Waals surface area contributed by atoms with E-state index in [1.807, 2.05) is 0 Å². The van der Waals surface area contributed by atoms with E-state index in [-0.39, 0.29) is 4.32 Å². The van der Waals surface area contributed by atoms with Crippen LogP contribution in [-0.4, -0.2) is 0 Å².